The van der Waals surface area contributed by atoms with Crippen LogP contribution in [0.15, 0.2) is 23.1 Å². The normalized spacial score (nSPS) is 12.5. The van der Waals surface area contributed by atoms with E-state index in [1.807, 2.05) is 0 Å². The van der Waals surface area contributed by atoms with E-state index in [4.69, 9.17) is 11.6 Å². The fourth-order valence-electron chi connectivity index (χ4n) is 1.87. The molecule has 0 fully saturated rings. The minimum absolute atomic E-state index is 0.153. The predicted octanol–water partition coefficient (Wildman–Crippen LogP) is 2.51. The van der Waals surface area contributed by atoms with E-state index in [0.29, 0.717) is 10.4 Å². The van der Waals surface area contributed by atoms with E-state index in [1.54, 1.807) is 6.92 Å². The Labute approximate surface area is 137 Å². The molecule has 0 aliphatic carbocycles. The van der Waals surface area contributed by atoms with Crippen molar-refractivity contribution in [2.75, 3.05) is 19.6 Å². The van der Waals surface area contributed by atoms with Crippen LogP contribution in [-0.2, 0) is 21.0 Å². The molecule has 0 unspecified atom stereocenters. The third-order valence-corrected chi connectivity index (χ3v) is 5.13. The summed E-state index contributed by atoms with van der Waals surface area (Å²) < 4.78 is 64.9. The van der Waals surface area contributed by atoms with E-state index < -0.39 is 39.1 Å². The molecule has 0 saturated heterocycles. The molecule has 1 N–H and O–H groups in total. The van der Waals surface area contributed by atoms with Crippen LogP contribution in [0.5, 0.6) is 0 Å². The van der Waals surface area contributed by atoms with Crippen LogP contribution in [-0.4, -0.2) is 38.3 Å². The van der Waals surface area contributed by atoms with Gasteiger partial charge in [-0.1, -0.05) is 18.5 Å². The molecule has 5 nitrogen and oxygen atoms in total. The lowest BCUT2D eigenvalue weighted by molar-refractivity contribution is -0.139. The van der Waals surface area contributed by atoms with Gasteiger partial charge in [0.1, 0.15) is 0 Å². The van der Waals surface area contributed by atoms with Gasteiger partial charge in [-0.2, -0.15) is 17.5 Å². The fraction of sp³-hybridized carbons (Fsp3) is 0.462. The Morgan fingerprint density at radius 2 is 1.91 bits per heavy atom. The van der Waals surface area contributed by atoms with Gasteiger partial charge >= 0.3 is 6.18 Å². The van der Waals surface area contributed by atoms with Gasteiger partial charge in [0.15, 0.2) is 0 Å². The molecule has 0 bridgehead atoms. The highest BCUT2D eigenvalue weighted by Crippen LogP contribution is 2.36. The molecule has 23 heavy (non-hydrogen) atoms. The fourth-order valence-corrected chi connectivity index (χ4v) is 3.64. The molecule has 0 saturated carbocycles. The number of hydrogen-bond acceptors (Lipinski definition) is 3. The van der Waals surface area contributed by atoms with Gasteiger partial charge in [-0.15, -0.1) is 0 Å². The van der Waals surface area contributed by atoms with Crippen molar-refractivity contribution in [1.29, 1.82) is 0 Å². The van der Waals surface area contributed by atoms with Crippen molar-refractivity contribution in [1.82, 2.24) is 9.62 Å². The lowest BCUT2D eigenvalue weighted by Crippen LogP contribution is -2.41. The van der Waals surface area contributed by atoms with E-state index in [0.717, 1.165) is 12.1 Å². The van der Waals surface area contributed by atoms with Crippen LogP contribution in [0.4, 0.5) is 13.2 Å². The van der Waals surface area contributed by atoms with Gasteiger partial charge in [0.05, 0.1) is 17.0 Å². The highest BCUT2D eigenvalue weighted by molar-refractivity contribution is 7.89. The summed E-state index contributed by atoms with van der Waals surface area (Å²) in [5.41, 5.74) is -1.36. The highest BCUT2D eigenvalue weighted by Gasteiger charge is 2.39. The molecular formula is C13H16ClF3N2O3S. The number of rotatable bonds is 6. The van der Waals surface area contributed by atoms with Crippen LogP contribution < -0.4 is 5.32 Å². The molecule has 0 radical (unpaired) electrons. The molecule has 0 aliphatic heterocycles. The standard InChI is InChI=1S/C13H16ClF3N2O3S/c1-3-18-12(20)8-19(4-2)23(21,22)11-6-5-9(14)7-10(11)13(15,16)17/h5-7H,3-4,8H2,1-2H3,(H,18,20). The Hall–Kier alpha value is -1.32. The molecule has 0 heterocycles. The maximum Gasteiger partial charge on any atom is 0.417 e. The number of alkyl halides is 3. The summed E-state index contributed by atoms with van der Waals surface area (Å²) in [5, 5.41) is 2.17. The molecule has 0 aliphatic rings. The molecule has 1 rings (SSSR count). The Kier molecular flexibility index (Phi) is 6.43. The number of amides is 1. The van der Waals surface area contributed by atoms with Gasteiger partial charge in [0.25, 0.3) is 0 Å². The zero-order valence-electron chi connectivity index (χ0n) is 12.4. The number of sulfonamides is 1. The van der Waals surface area contributed by atoms with E-state index >= 15 is 0 Å². The number of nitrogens with one attached hydrogen (secondary N) is 1. The number of benzene rings is 1. The highest BCUT2D eigenvalue weighted by atomic mass is 35.5. The van der Waals surface area contributed by atoms with Crippen LogP contribution >= 0.6 is 11.6 Å². The maximum atomic E-state index is 13.1. The van der Waals surface area contributed by atoms with Gasteiger partial charge in [-0.25, -0.2) is 8.42 Å². The zero-order valence-corrected chi connectivity index (χ0v) is 14.0. The Morgan fingerprint density at radius 3 is 2.39 bits per heavy atom. The van der Waals surface area contributed by atoms with Crippen molar-refractivity contribution in [3.05, 3.63) is 28.8 Å². The average Bonchev–Trinajstić information content (AvgIpc) is 2.43. The second-order valence-electron chi connectivity index (χ2n) is 4.52. The van der Waals surface area contributed by atoms with Gasteiger partial charge in [0.2, 0.25) is 15.9 Å². The number of halogens is 4. The Balaban J connectivity index is 3.34. The summed E-state index contributed by atoms with van der Waals surface area (Å²) in [6.45, 7) is 2.64. The number of carbonyl (C=O) groups excluding carboxylic acids is 1. The summed E-state index contributed by atoms with van der Waals surface area (Å²) >= 11 is 5.54. The molecular weight excluding hydrogens is 357 g/mol. The second kappa shape index (κ2) is 7.50. The molecule has 1 aromatic rings. The van der Waals surface area contributed by atoms with E-state index in [2.05, 4.69) is 5.32 Å². The van der Waals surface area contributed by atoms with E-state index in [-0.39, 0.29) is 18.1 Å². The topological polar surface area (TPSA) is 66.5 Å². The second-order valence-corrected chi connectivity index (χ2v) is 6.87. The quantitative estimate of drug-likeness (QED) is 0.834. The number of hydrogen-bond donors (Lipinski definition) is 1. The van der Waals surface area contributed by atoms with Crippen LogP contribution in [0.3, 0.4) is 0 Å². The first-order valence-corrected chi connectivity index (χ1v) is 8.49. The van der Waals surface area contributed by atoms with Crippen molar-refractivity contribution < 1.29 is 26.4 Å². The molecule has 0 atom stereocenters. The monoisotopic (exact) mass is 372 g/mol. The molecule has 130 valence electrons. The first kappa shape index (κ1) is 19.7. The van der Waals surface area contributed by atoms with Crippen molar-refractivity contribution in [2.45, 2.75) is 24.9 Å². The third-order valence-electron chi connectivity index (χ3n) is 2.91. The average molecular weight is 373 g/mol. The van der Waals surface area contributed by atoms with Gasteiger partial charge in [-0.3, -0.25) is 4.79 Å². The number of nitrogens with zero attached hydrogens (tertiary/aromatic N) is 1. The molecule has 1 aromatic carbocycles. The molecule has 0 aromatic heterocycles. The summed E-state index contributed by atoms with van der Waals surface area (Å²) in [6.07, 6.45) is -4.89. The molecule has 10 heteroatoms. The van der Waals surface area contributed by atoms with E-state index in [9.17, 15) is 26.4 Å². The van der Waals surface area contributed by atoms with Crippen molar-refractivity contribution in [3.8, 4) is 0 Å². The van der Waals surface area contributed by atoms with Gasteiger partial charge < -0.3 is 5.32 Å². The molecule has 0 spiro atoms. The smallest absolute Gasteiger partial charge is 0.355 e. The first-order valence-electron chi connectivity index (χ1n) is 6.67. The summed E-state index contributed by atoms with van der Waals surface area (Å²) in [4.78, 5) is 10.6. The minimum atomic E-state index is -4.89. The largest absolute Gasteiger partial charge is 0.417 e. The van der Waals surface area contributed by atoms with Gasteiger partial charge in [-0.05, 0) is 25.1 Å². The number of likely N-dealkylation sites (N-methyl/N-ethyl adjacent to an activating group) is 2. The van der Waals surface area contributed by atoms with Crippen molar-refractivity contribution in [2.24, 2.45) is 0 Å². The SMILES string of the molecule is CCNC(=O)CN(CC)S(=O)(=O)c1ccc(Cl)cc1C(F)(F)F. The number of carbonyl (C=O) groups is 1. The van der Waals surface area contributed by atoms with Crippen LogP contribution in [0.25, 0.3) is 0 Å². The lowest BCUT2D eigenvalue weighted by atomic mass is 10.2. The third kappa shape index (κ3) is 4.82. The minimum Gasteiger partial charge on any atom is -0.355 e. The maximum absolute atomic E-state index is 13.1. The van der Waals surface area contributed by atoms with Crippen molar-refractivity contribution in [3.63, 3.8) is 0 Å². The van der Waals surface area contributed by atoms with Crippen LogP contribution in [0.1, 0.15) is 19.4 Å². The van der Waals surface area contributed by atoms with Crippen LogP contribution in [0, 0.1) is 0 Å². The summed E-state index contributed by atoms with van der Waals surface area (Å²) in [7, 11) is -4.50. The first-order chi connectivity index (χ1) is 10.5. The summed E-state index contributed by atoms with van der Waals surface area (Å²) in [5.74, 6) is -0.597. The van der Waals surface area contributed by atoms with Crippen LogP contribution in [0.2, 0.25) is 5.02 Å². The lowest BCUT2D eigenvalue weighted by Gasteiger charge is -2.22. The Morgan fingerprint density at radius 1 is 1.30 bits per heavy atom. The van der Waals surface area contributed by atoms with Crippen molar-refractivity contribution >= 4 is 27.5 Å². The van der Waals surface area contributed by atoms with Gasteiger partial charge in [0, 0.05) is 18.1 Å². The zero-order chi connectivity index (χ0) is 17.8. The molecule has 1 amide bonds. The summed E-state index contributed by atoms with van der Waals surface area (Å²) in [6, 6.07) is 2.40. The predicted molar refractivity (Wildman–Crippen MR) is 79.6 cm³/mol. The van der Waals surface area contributed by atoms with E-state index in [1.165, 1.54) is 6.92 Å². The Bertz CT molecular complexity index is 678.